The van der Waals surface area contributed by atoms with Crippen molar-refractivity contribution in [1.29, 1.82) is 0 Å². The van der Waals surface area contributed by atoms with E-state index in [1.807, 2.05) is 18.5 Å². The lowest BCUT2D eigenvalue weighted by Crippen LogP contribution is -2.56. The van der Waals surface area contributed by atoms with Crippen molar-refractivity contribution < 1.29 is 9.84 Å². The maximum Gasteiger partial charge on any atom is 0.0976 e. The summed E-state index contributed by atoms with van der Waals surface area (Å²) in [4.78, 5) is 4.30. The van der Waals surface area contributed by atoms with E-state index in [1.54, 1.807) is 0 Å². The first-order chi connectivity index (χ1) is 15.4. The molecule has 4 nitrogen and oxygen atoms in total. The number of benzene rings is 1. The molecule has 6 atom stereocenters. The first-order valence-corrected chi connectivity index (χ1v) is 12.0. The van der Waals surface area contributed by atoms with Gasteiger partial charge in [0.2, 0.25) is 0 Å². The van der Waals surface area contributed by atoms with Crippen molar-refractivity contribution in [3.05, 3.63) is 77.7 Å². The topological polar surface area (TPSA) is 68.4 Å². The standard InChI is InChI=1S/C28H30N2O2/c1-25-9-6-21-15-20-4-5-23(29)16-26(20)11-12-27(21,32-26)24(25)7-10-28(25,31)22-3-2-18-8-13-30-17-19(18)14-22/h2-6,8,13-15,17,23-24,31H,7,9-12,16,29H2,1H3/t23-,24-,25+,26-,27-,28-/m1/s1. The van der Waals surface area contributed by atoms with Crippen LogP contribution in [0, 0.1) is 11.3 Å². The lowest BCUT2D eigenvalue weighted by Gasteiger charge is -2.55. The van der Waals surface area contributed by atoms with E-state index in [9.17, 15) is 5.11 Å². The number of nitrogens with zero attached hydrogens (tertiary/aromatic N) is 1. The molecule has 32 heavy (non-hydrogen) atoms. The fourth-order valence-electron chi connectivity index (χ4n) is 7.92. The number of nitrogens with two attached hydrogens (primary N) is 1. The summed E-state index contributed by atoms with van der Waals surface area (Å²) in [7, 11) is 0. The maximum absolute atomic E-state index is 12.3. The summed E-state index contributed by atoms with van der Waals surface area (Å²) in [6, 6.07) is 8.46. The lowest BCUT2D eigenvalue weighted by atomic mass is 9.56. The van der Waals surface area contributed by atoms with Crippen molar-refractivity contribution in [2.75, 3.05) is 0 Å². The van der Waals surface area contributed by atoms with E-state index in [0.717, 1.165) is 54.9 Å². The number of rotatable bonds is 1. The quantitative estimate of drug-likeness (QED) is 0.695. The number of ether oxygens (including phenoxy) is 1. The lowest BCUT2D eigenvalue weighted by molar-refractivity contribution is -0.160. The number of fused-ring (bicyclic) bond motifs is 2. The minimum atomic E-state index is -0.884. The Bertz CT molecular complexity index is 1250. The summed E-state index contributed by atoms with van der Waals surface area (Å²) < 4.78 is 7.14. The molecule has 1 aromatic heterocycles. The van der Waals surface area contributed by atoms with E-state index in [1.165, 1.54) is 11.1 Å². The highest BCUT2D eigenvalue weighted by molar-refractivity contribution is 5.82. The Morgan fingerprint density at radius 2 is 2.03 bits per heavy atom. The van der Waals surface area contributed by atoms with Crippen molar-refractivity contribution in [1.82, 2.24) is 4.98 Å². The normalized spacial score (nSPS) is 44.0. The van der Waals surface area contributed by atoms with Crippen LogP contribution in [-0.4, -0.2) is 27.3 Å². The molecule has 3 N–H and O–H groups in total. The van der Waals surface area contributed by atoms with Crippen LogP contribution in [0.3, 0.4) is 0 Å². The van der Waals surface area contributed by atoms with Gasteiger partial charge in [0.1, 0.15) is 0 Å². The van der Waals surface area contributed by atoms with Gasteiger partial charge in [-0.05, 0) is 72.8 Å². The van der Waals surface area contributed by atoms with Gasteiger partial charge in [-0.1, -0.05) is 43.4 Å². The molecule has 2 bridgehead atoms. The van der Waals surface area contributed by atoms with Crippen LogP contribution >= 0.6 is 0 Å². The van der Waals surface area contributed by atoms with Crippen molar-refractivity contribution in [3.63, 3.8) is 0 Å². The van der Waals surface area contributed by atoms with Gasteiger partial charge in [-0.3, -0.25) is 4.98 Å². The van der Waals surface area contributed by atoms with E-state index in [0.29, 0.717) is 0 Å². The fraction of sp³-hybridized carbons (Fsp3) is 0.464. The van der Waals surface area contributed by atoms with Gasteiger partial charge in [0.25, 0.3) is 0 Å². The Kier molecular flexibility index (Phi) is 3.60. The van der Waals surface area contributed by atoms with Gasteiger partial charge in [0.05, 0.1) is 16.8 Å². The SMILES string of the molecule is C[C@]12CC=C3C=C4C=C[C@@H](N)C[C@]45CC[C@]3(O5)[C@@H]1CC[C@@]2(O)c1ccc2ccncc2c1. The molecule has 0 unspecified atom stereocenters. The molecular formula is C28H30N2O2. The Morgan fingerprint density at radius 1 is 1.12 bits per heavy atom. The number of hydrogen-bond donors (Lipinski definition) is 2. The Morgan fingerprint density at radius 3 is 2.94 bits per heavy atom. The third kappa shape index (κ3) is 2.16. The zero-order valence-electron chi connectivity index (χ0n) is 18.6. The number of pyridine rings is 1. The van der Waals surface area contributed by atoms with Gasteiger partial charge in [-0.25, -0.2) is 0 Å². The van der Waals surface area contributed by atoms with E-state index >= 15 is 0 Å². The molecule has 2 aromatic rings. The molecule has 0 amide bonds. The van der Waals surface area contributed by atoms with Crippen LogP contribution in [0.4, 0.5) is 0 Å². The zero-order valence-corrected chi connectivity index (χ0v) is 18.6. The van der Waals surface area contributed by atoms with Gasteiger partial charge in [-0.2, -0.15) is 0 Å². The highest BCUT2D eigenvalue weighted by Crippen LogP contribution is 2.70. The summed E-state index contributed by atoms with van der Waals surface area (Å²) in [5.74, 6) is 0.281. The summed E-state index contributed by atoms with van der Waals surface area (Å²) in [5, 5.41) is 14.6. The Balaban J connectivity index is 1.35. The molecule has 2 fully saturated rings. The molecule has 1 aromatic carbocycles. The molecule has 2 spiro atoms. The number of allylic oxidation sites excluding steroid dienone is 1. The molecule has 1 saturated carbocycles. The van der Waals surface area contributed by atoms with Gasteiger partial charge < -0.3 is 15.6 Å². The molecule has 2 aliphatic heterocycles. The second-order valence-electron chi connectivity index (χ2n) is 11.0. The van der Waals surface area contributed by atoms with E-state index in [4.69, 9.17) is 10.5 Å². The number of aliphatic hydroxyl groups is 1. The molecule has 3 aliphatic carbocycles. The van der Waals surface area contributed by atoms with Gasteiger partial charge in [0, 0.05) is 35.2 Å². The van der Waals surface area contributed by atoms with E-state index in [2.05, 4.69) is 54.4 Å². The van der Waals surface area contributed by atoms with Crippen LogP contribution < -0.4 is 5.73 Å². The second kappa shape index (κ2) is 5.99. The van der Waals surface area contributed by atoms with Crippen LogP contribution in [0.25, 0.3) is 10.8 Å². The van der Waals surface area contributed by atoms with Crippen molar-refractivity contribution in [2.24, 2.45) is 17.1 Å². The number of hydrogen-bond acceptors (Lipinski definition) is 4. The first-order valence-electron chi connectivity index (χ1n) is 12.0. The van der Waals surface area contributed by atoms with Crippen molar-refractivity contribution in [2.45, 2.75) is 68.3 Å². The predicted molar refractivity (Wildman–Crippen MR) is 125 cm³/mol. The van der Waals surface area contributed by atoms with Crippen LogP contribution in [0.2, 0.25) is 0 Å². The summed E-state index contributed by atoms with van der Waals surface area (Å²) >= 11 is 0. The highest BCUT2D eigenvalue weighted by atomic mass is 16.5. The van der Waals surface area contributed by atoms with Crippen LogP contribution in [0.1, 0.15) is 51.0 Å². The minimum absolute atomic E-state index is 0.0505. The van der Waals surface area contributed by atoms with Crippen LogP contribution in [-0.2, 0) is 10.3 Å². The predicted octanol–water partition coefficient (Wildman–Crippen LogP) is 4.68. The molecule has 4 heteroatoms. The van der Waals surface area contributed by atoms with Gasteiger partial charge in [0.15, 0.2) is 0 Å². The number of aromatic nitrogens is 1. The van der Waals surface area contributed by atoms with Gasteiger partial charge in [-0.15, -0.1) is 0 Å². The molecule has 0 radical (unpaired) electrons. The summed E-state index contributed by atoms with van der Waals surface area (Å²) in [6.07, 6.45) is 18.2. The molecule has 1 saturated heterocycles. The zero-order chi connectivity index (χ0) is 21.8. The van der Waals surface area contributed by atoms with Crippen LogP contribution in [0.5, 0.6) is 0 Å². The van der Waals surface area contributed by atoms with Crippen LogP contribution in [0.15, 0.2) is 72.1 Å². The highest BCUT2D eigenvalue weighted by Gasteiger charge is 2.69. The molecule has 164 valence electrons. The minimum Gasteiger partial charge on any atom is -0.385 e. The Labute approximate surface area is 188 Å². The monoisotopic (exact) mass is 426 g/mol. The van der Waals surface area contributed by atoms with Crippen molar-refractivity contribution in [3.8, 4) is 0 Å². The third-order valence-electron chi connectivity index (χ3n) is 9.63. The summed E-state index contributed by atoms with van der Waals surface area (Å²) in [5.41, 5.74) is 8.24. The average Bonchev–Trinajstić information content (AvgIpc) is 3.25. The fourth-order valence-corrected chi connectivity index (χ4v) is 7.92. The van der Waals surface area contributed by atoms with E-state index in [-0.39, 0.29) is 28.6 Å². The maximum atomic E-state index is 12.3. The Hall–Kier alpha value is -2.27. The summed E-state index contributed by atoms with van der Waals surface area (Å²) in [6.45, 7) is 2.29. The molecule has 5 aliphatic rings. The molecule has 7 rings (SSSR count). The third-order valence-corrected chi connectivity index (χ3v) is 9.63. The first kappa shape index (κ1) is 19.2. The largest absolute Gasteiger partial charge is 0.385 e. The second-order valence-corrected chi connectivity index (χ2v) is 11.0. The van der Waals surface area contributed by atoms with Gasteiger partial charge >= 0.3 is 0 Å². The molecular weight excluding hydrogens is 396 g/mol. The van der Waals surface area contributed by atoms with E-state index < -0.39 is 5.60 Å². The van der Waals surface area contributed by atoms with Crippen molar-refractivity contribution >= 4 is 10.8 Å². The average molecular weight is 427 g/mol. The smallest absolute Gasteiger partial charge is 0.0976 e. The molecule has 3 heterocycles.